The Kier molecular flexibility index (Phi) is 4.67. The van der Waals surface area contributed by atoms with Crippen molar-refractivity contribution in [3.8, 4) is 0 Å². The molecule has 0 amide bonds. The second kappa shape index (κ2) is 5.33. The quantitative estimate of drug-likeness (QED) is 0.765. The predicted octanol–water partition coefficient (Wildman–Crippen LogP) is 2.28. The average Bonchev–Trinajstić information content (AvgIpc) is 2.01. The highest BCUT2D eigenvalue weighted by atomic mass is 35.7. The molecule has 14 heavy (non-hydrogen) atoms. The van der Waals surface area contributed by atoms with Crippen molar-refractivity contribution in [2.75, 3.05) is 6.54 Å². The molecule has 0 aromatic heterocycles. The molecule has 0 saturated heterocycles. The van der Waals surface area contributed by atoms with Crippen molar-refractivity contribution in [2.24, 2.45) is 11.8 Å². The number of nitrogens with one attached hydrogen (secondary N) is 1. The SMILES string of the molecule is CC1CCCC(CCNS(=O)(=O)Cl)C1. The molecule has 1 rings (SSSR count). The Labute approximate surface area is 90.8 Å². The van der Waals surface area contributed by atoms with Crippen LogP contribution in [0.4, 0.5) is 0 Å². The van der Waals surface area contributed by atoms with Crippen molar-refractivity contribution >= 4 is 19.9 Å². The first kappa shape index (κ1) is 12.3. The summed E-state index contributed by atoms with van der Waals surface area (Å²) in [4.78, 5) is 0. The minimum Gasteiger partial charge on any atom is -0.202 e. The second-order valence-corrected chi connectivity index (χ2v) is 6.64. The van der Waals surface area contributed by atoms with Crippen molar-refractivity contribution in [1.82, 2.24) is 4.72 Å². The van der Waals surface area contributed by atoms with Crippen LogP contribution in [0.15, 0.2) is 0 Å². The molecule has 5 heteroatoms. The maximum Gasteiger partial charge on any atom is 0.297 e. The van der Waals surface area contributed by atoms with Gasteiger partial charge in [0.25, 0.3) is 9.24 Å². The van der Waals surface area contributed by atoms with Gasteiger partial charge in [-0.15, -0.1) is 0 Å². The molecule has 2 unspecified atom stereocenters. The largest absolute Gasteiger partial charge is 0.297 e. The zero-order valence-corrected chi connectivity index (χ0v) is 10.1. The first-order valence-corrected chi connectivity index (χ1v) is 7.47. The van der Waals surface area contributed by atoms with Gasteiger partial charge in [-0.2, -0.15) is 8.42 Å². The van der Waals surface area contributed by atoms with Gasteiger partial charge in [0.2, 0.25) is 0 Å². The molecule has 1 fully saturated rings. The standard InChI is InChI=1S/C9H18ClNO2S/c1-8-3-2-4-9(7-8)5-6-11-14(10,12)13/h8-9,11H,2-7H2,1H3. The highest BCUT2D eigenvalue weighted by Crippen LogP contribution is 2.30. The van der Waals surface area contributed by atoms with Gasteiger partial charge in [0.1, 0.15) is 0 Å². The molecule has 1 N–H and O–H groups in total. The Hall–Kier alpha value is 0.200. The Morgan fingerprint density at radius 2 is 2.14 bits per heavy atom. The van der Waals surface area contributed by atoms with Crippen molar-refractivity contribution in [1.29, 1.82) is 0 Å². The Balaban J connectivity index is 2.18. The van der Waals surface area contributed by atoms with Crippen LogP contribution >= 0.6 is 10.7 Å². The number of hydrogen-bond acceptors (Lipinski definition) is 2. The van der Waals surface area contributed by atoms with Gasteiger partial charge >= 0.3 is 0 Å². The van der Waals surface area contributed by atoms with Crippen LogP contribution in [-0.4, -0.2) is 15.0 Å². The minimum atomic E-state index is -3.52. The molecule has 2 atom stereocenters. The Bertz CT molecular complexity index is 266. The molecule has 0 aliphatic heterocycles. The van der Waals surface area contributed by atoms with E-state index in [1.807, 2.05) is 0 Å². The molecule has 1 aliphatic rings. The molecule has 0 radical (unpaired) electrons. The van der Waals surface area contributed by atoms with E-state index in [0.717, 1.165) is 12.3 Å². The van der Waals surface area contributed by atoms with Gasteiger partial charge in [0.15, 0.2) is 0 Å². The van der Waals surface area contributed by atoms with Crippen molar-refractivity contribution in [3.05, 3.63) is 0 Å². The highest BCUT2D eigenvalue weighted by molar-refractivity contribution is 8.12. The van der Waals surface area contributed by atoms with Gasteiger partial charge in [-0.1, -0.05) is 26.2 Å². The first-order valence-electron chi connectivity index (χ1n) is 5.16. The van der Waals surface area contributed by atoms with E-state index in [1.165, 1.54) is 25.7 Å². The second-order valence-electron chi connectivity index (χ2n) is 4.26. The number of halogens is 1. The molecule has 0 aromatic rings. The van der Waals surface area contributed by atoms with Crippen LogP contribution in [0.2, 0.25) is 0 Å². The molecule has 1 saturated carbocycles. The van der Waals surface area contributed by atoms with Gasteiger partial charge in [-0.25, -0.2) is 4.72 Å². The van der Waals surface area contributed by atoms with Crippen molar-refractivity contribution in [2.45, 2.75) is 39.0 Å². The maximum absolute atomic E-state index is 10.6. The minimum absolute atomic E-state index is 0.475. The topological polar surface area (TPSA) is 46.2 Å². The molecule has 0 spiro atoms. The van der Waals surface area contributed by atoms with Crippen LogP contribution in [0, 0.1) is 11.8 Å². The predicted molar refractivity (Wildman–Crippen MR) is 58.5 cm³/mol. The first-order chi connectivity index (χ1) is 6.47. The van der Waals surface area contributed by atoms with E-state index in [9.17, 15) is 8.42 Å². The summed E-state index contributed by atoms with van der Waals surface area (Å²) in [5, 5.41) is 0. The third-order valence-corrected chi connectivity index (χ3v) is 3.75. The van der Waals surface area contributed by atoms with Crippen LogP contribution in [0.1, 0.15) is 39.0 Å². The van der Waals surface area contributed by atoms with E-state index in [0.29, 0.717) is 12.5 Å². The van der Waals surface area contributed by atoms with E-state index in [-0.39, 0.29) is 0 Å². The summed E-state index contributed by atoms with van der Waals surface area (Å²) in [6, 6.07) is 0. The summed E-state index contributed by atoms with van der Waals surface area (Å²) < 4.78 is 23.5. The van der Waals surface area contributed by atoms with Crippen LogP contribution < -0.4 is 4.72 Å². The van der Waals surface area contributed by atoms with E-state index >= 15 is 0 Å². The fourth-order valence-corrected chi connectivity index (χ4v) is 2.80. The average molecular weight is 240 g/mol. The van der Waals surface area contributed by atoms with E-state index in [2.05, 4.69) is 11.6 Å². The molecular formula is C9H18ClNO2S. The smallest absolute Gasteiger partial charge is 0.202 e. The monoisotopic (exact) mass is 239 g/mol. The summed E-state index contributed by atoms with van der Waals surface area (Å²) in [6.07, 6.45) is 5.96. The van der Waals surface area contributed by atoms with E-state index < -0.39 is 9.24 Å². The zero-order valence-electron chi connectivity index (χ0n) is 8.50. The Morgan fingerprint density at radius 1 is 1.43 bits per heavy atom. The van der Waals surface area contributed by atoms with Crippen molar-refractivity contribution < 1.29 is 8.42 Å². The summed E-state index contributed by atoms with van der Waals surface area (Å²) in [5.41, 5.74) is 0. The molecular weight excluding hydrogens is 222 g/mol. The zero-order chi connectivity index (χ0) is 10.6. The number of rotatable bonds is 4. The van der Waals surface area contributed by atoms with Crippen LogP contribution in [0.5, 0.6) is 0 Å². The third-order valence-electron chi connectivity index (χ3n) is 2.87. The summed E-state index contributed by atoms with van der Waals surface area (Å²) in [7, 11) is 1.52. The van der Waals surface area contributed by atoms with Gasteiger partial charge in [-0.3, -0.25) is 0 Å². The van der Waals surface area contributed by atoms with Crippen LogP contribution in [0.25, 0.3) is 0 Å². The summed E-state index contributed by atoms with van der Waals surface area (Å²) >= 11 is 0. The Morgan fingerprint density at radius 3 is 2.71 bits per heavy atom. The molecule has 84 valence electrons. The van der Waals surface area contributed by atoms with Crippen LogP contribution in [-0.2, 0) is 9.24 Å². The van der Waals surface area contributed by atoms with Gasteiger partial charge in [0.05, 0.1) is 0 Å². The normalized spacial score (nSPS) is 29.0. The molecule has 0 heterocycles. The maximum atomic E-state index is 10.6. The van der Waals surface area contributed by atoms with E-state index in [1.54, 1.807) is 0 Å². The van der Waals surface area contributed by atoms with Crippen molar-refractivity contribution in [3.63, 3.8) is 0 Å². The lowest BCUT2D eigenvalue weighted by atomic mass is 9.81. The van der Waals surface area contributed by atoms with Gasteiger partial charge < -0.3 is 0 Å². The molecule has 1 aliphatic carbocycles. The van der Waals surface area contributed by atoms with Crippen LogP contribution in [0.3, 0.4) is 0 Å². The summed E-state index contributed by atoms with van der Waals surface area (Å²) in [5.74, 6) is 1.46. The summed E-state index contributed by atoms with van der Waals surface area (Å²) in [6.45, 7) is 2.74. The number of hydrogen-bond donors (Lipinski definition) is 1. The lowest BCUT2D eigenvalue weighted by Crippen LogP contribution is -2.23. The van der Waals surface area contributed by atoms with Gasteiger partial charge in [0, 0.05) is 17.2 Å². The highest BCUT2D eigenvalue weighted by Gasteiger charge is 2.18. The fraction of sp³-hybridized carbons (Fsp3) is 1.00. The fourth-order valence-electron chi connectivity index (χ4n) is 2.21. The lowest BCUT2D eigenvalue weighted by Gasteiger charge is -2.26. The molecule has 0 bridgehead atoms. The lowest BCUT2D eigenvalue weighted by molar-refractivity contribution is 0.271. The van der Waals surface area contributed by atoms with Gasteiger partial charge in [-0.05, 0) is 24.7 Å². The molecule has 0 aromatic carbocycles. The van der Waals surface area contributed by atoms with E-state index in [4.69, 9.17) is 10.7 Å². The third kappa shape index (κ3) is 5.17. The molecule has 3 nitrogen and oxygen atoms in total.